The third-order valence-corrected chi connectivity index (χ3v) is 4.50. The van der Waals surface area contributed by atoms with Crippen molar-refractivity contribution in [2.45, 2.75) is 6.92 Å². The summed E-state index contributed by atoms with van der Waals surface area (Å²) in [7, 11) is 0. The maximum absolute atomic E-state index is 12.2. The van der Waals surface area contributed by atoms with E-state index in [1.54, 1.807) is 12.1 Å². The number of aryl methyl sites for hydroxylation is 1. The van der Waals surface area contributed by atoms with Crippen LogP contribution in [0.4, 0.5) is 4.69 Å². The minimum absolute atomic E-state index is 0.0921. The predicted octanol–water partition coefficient (Wildman–Crippen LogP) is 2.00. The van der Waals surface area contributed by atoms with Crippen molar-refractivity contribution in [3.05, 3.63) is 56.9 Å². The monoisotopic (exact) mass is 333 g/mol. The van der Waals surface area contributed by atoms with Crippen LogP contribution in [0.3, 0.4) is 0 Å². The standard InChI is InChI=1S/C14H11N3O2Se/c1-9-8-20-14(16-9)17-15-6-10-7-19-12-5-3-2-4-11(12)13(10)18/h2-8H,1H3,(H,16,17)/b15-6+. The molecule has 0 fully saturated rings. The van der Waals surface area contributed by atoms with Crippen LogP contribution in [0.1, 0.15) is 11.3 Å². The molecule has 0 aliphatic heterocycles. The first-order valence-corrected chi connectivity index (χ1v) is 7.80. The molecule has 0 bridgehead atoms. The van der Waals surface area contributed by atoms with Crippen molar-refractivity contribution >= 4 is 36.4 Å². The van der Waals surface area contributed by atoms with Gasteiger partial charge in [-0.15, -0.1) is 0 Å². The van der Waals surface area contributed by atoms with Crippen LogP contribution >= 0.6 is 0 Å². The number of hydrogen-bond acceptors (Lipinski definition) is 5. The van der Waals surface area contributed by atoms with Crippen LogP contribution in [-0.4, -0.2) is 25.7 Å². The van der Waals surface area contributed by atoms with Crippen LogP contribution in [0.25, 0.3) is 11.0 Å². The summed E-state index contributed by atoms with van der Waals surface area (Å²) in [5, 5.41) is 4.59. The molecule has 100 valence electrons. The van der Waals surface area contributed by atoms with Gasteiger partial charge in [0.15, 0.2) is 0 Å². The fourth-order valence-corrected chi connectivity index (χ4v) is 3.08. The van der Waals surface area contributed by atoms with Crippen molar-refractivity contribution in [3.8, 4) is 0 Å². The molecule has 0 saturated heterocycles. The van der Waals surface area contributed by atoms with E-state index in [4.69, 9.17) is 4.42 Å². The molecule has 3 rings (SSSR count). The van der Waals surface area contributed by atoms with E-state index in [0.29, 0.717) is 16.5 Å². The molecule has 3 aromatic rings. The van der Waals surface area contributed by atoms with Gasteiger partial charge in [-0.1, -0.05) is 0 Å². The van der Waals surface area contributed by atoms with Gasteiger partial charge >= 0.3 is 120 Å². The molecule has 20 heavy (non-hydrogen) atoms. The Labute approximate surface area is 120 Å². The van der Waals surface area contributed by atoms with Crippen molar-refractivity contribution in [1.29, 1.82) is 0 Å². The Morgan fingerprint density at radius 2 is 2.25 bits per heavy atom. The Morgan fingerprint density at radius 1 is 1.40 bits per heavy atom. The molecule has 0 amide bonds. The molecule has 6 heteroatoms. The molecular formula is C14H11N3O2Se. The predicted molar refractivity (Wildman–Crippen MR) is 79.6 cm³/mol. The van der Waals surface area contributed by atoms with Crippen LogP contribution in [0.15, 0.2) is 49.8 Å². The molecule has 0 aliphatic carbocycles. The van der Waals surface area contributed by atoms with Gasteiger partial charge < -0.3 is 0 Å². The van der Waals surface area contributed by atoms with E-state index in [1.807, 2.05) is 19.1 Å². The zero-order valence-corrected chi connectivity index (χ0v) is 12.4. The van der Waals surface area contributed by atoms with E-state index in [2.05, 4.69) is 20.5 Å². The molecule has 1 N–H and O–H groups in total. The number of aromatic nitrogens is 1. The molecule has 0 atom stereocenters. The fourth-order valence-electron chi connectivity index (χ4n) is 1.74. The van der Waals surface area contributed by atoms with Crippen molar-refractivity contribution in [1.82, 2.24) is 4.98 Å². The van der Waals surface area contributed by atoms with E-state index in [0.717, 1.165) is 10.4 Å². The zero-order chi connectivity index (χ0) is 13.9. The number of rotatable bonds is 3. The van der Waals surface area contributed by atoms with Gasteiger partial charge in [-0.2, -0.15) is 0 Å². The number of hydrazone groups is 1. The third-order valence-electron chi connectivity index (χ3n) is 2.69. The molecular weight excluding hydrogens is 321 g/mol. The van der Waals surface area contributed by atoms with Crippen LogP contribution in [0, 0.1) is 6.92 Å². The summed E-state index contributed by atoms with van der Waals surface area (Å²) in [5.41, 5.74) is 4.74. The number of para-hydroxylation sites is 1. The number of fused-ring (bicyclic) bond motifs is 1. The summed E-state index contributed by atoms with van der Waals surface area (Å²) in [5.74, 6) is 0. The molecule has 0 saturated carbocycles. The number of anilines is 1. The fraction of sp³-hybridized carbons (Fsp3) is 0.0714. The molecule has 0 spiro atoms. The summed E-state index contributed by atoms with van der Waals surface area (Å²) in [6, 6.07) is 7.14. The van der Waals surface area contributed by atoms with Gasteiger partial charge in [-0.25, -0.2) is 0 Å². The van der Waals surface area contributed by atoms with Gasteiger partial charge in [0.05, 0.1) is 0 Å². The Morgan fingerprint density at radius 3 is 3.05 bits per heavy atom. The molecule has 0 unspecified atom stereocenters. The minimum atomic E-state index is -0.0921. The van der Waals surface area contributed by atoms with E-state index in [1.165, 1.54) is 12.5 Å². The van der Waals surface area contributed by atoms with Gasteiger partial charge in [-0.3, -0.25) is 0 Å². The van der Waals surface area contributed by atoms with Crippen LogP contribution in [0.5, 0.6) is 0 Å². The van der Waals surface area contributed by atoms with E-state index >= 15 is 0 Å². The van der Waals surface area contributed by atoms with Gasteiger partial charge in [0.25, 0.3) is 0 Å². The summed E-state index contributed by atoms with van der Waals surface area (Å²) < 4.78 is 6.24. The number of nitrogens with one attached hydrogen (secondary N) is 1. The van der Waals surface area contributed by atoms with Crippen LogP contribution in [0.2, 0.25) is 0 Å². The van der Waals surface area contributed by atoms with Crippen molar-refractivity contribution in [2.75, 3.05) is 5.43 Å². The van der Waals surface area contributed by atoms with Crippen LogP contribution < -0.4 is 10.9 Å². The van der Waals surface area contributed by atoms with Gasteiger partial charge in [-0.05, 0) is 0 Å². The van der Waals surface area contributed by atoms with Gasteiger partial charge in [0.1, 0.15) is 0 Å². The molecule has 2 aromatic heterocycles. The second-order valence-corrected chi connectivity index (χ2v) is 5.98. The molecule has 0 radical (unpaired) electrons. The van der Waals surface area contributed by atoms with Crippen molar-refractivity contribution < 1.29 is 4.42 Å². The zero-order valence-electron chi connectivity index (χ0n) is 10.7. The third kappa shape index (κ3) is 2.57. The molecule has 2 heterocycles. The van der Waals surface area contributed by atoms with E-state index in [9.17, 15) is 4.79 Å². The van der Waals surface area contributed by atoms with Gasteiger partial charge in [0.2, 0.25) is 0 Å². The Bertz CT molecular complexity index is 836. The number of nitrogens with zero attached hydrogens (tertiary/aromatic N) is 2. The summed E-state index contributed by atoms with van der Waals surface area (Å²) in [6.45, 7) is 1.94. The number of benzene rings is 1. The quantitative estimate of drug-likeness (QED) is 0.453. The van der Waals surface area contributed by atoms with E-state index in [-0.39, 0.29) is 19.9 Å². The Hall–Kier alpha value is -2.17. The SMILES string of the molecule is Cc1c[se]c(N/N=C/c2coc3ccccc3c2=O)n1. The second-order valence-electron chi connectivity index (χ2n) is 4.18. The molecule has 5 nitrogen and oxygen atoms in total. The Balaban J connectivity index is 1.87. The molecule has 0 aliphatic rings. The van der Waals surface area contributed by atoms with Gasteiger partial charge in [0, 0.05) is 0 Å². The van der Waals surface area contributed by atoms with Crippen molar-refractivity contribution in [3.63, 3.8) is 0 Å². The topological polar surface area (TPSA) is 67.5 Å². The first-order chi connectivity index (χ1) is 9.74. The Kier molecular flexibility index (Phi) is 3.50. The maximum atomic E-state index is 12.2. The number of hydrogen-bond donors (Lipinski definition) is 1. The van der Waals surface area contributed by atoms with Crippen molar-refractivity contribution in [2.24, 2.45) is 5.10 Å². The normalized spacial score (nSPS) is 11.2. The second kappa shape index (κ2) is 5.44. The summed E-state index contributed by atoms with van der Waals surface area (Å²) in [6.07, 6.45) is 2.88. The summed E-state index contributed by atoms with van der Waals surface area (Å²) in [4.78, 5) is 18.5. The average Bonchev–Trinajstić information content (AvgIpc) is 2.87. The first kappa shape index (κ1) is 12.8. The average molecular weight is 332 g/mol. The van der Waals surface area contributed by atoms with Crippen LogP contribution in [-0.2, 0) is 0 Å². The van der Waals surface area contributed by atoms with E-state index < -0.39 is 0 Å². The first-order valence-electron chi connectivity index (χ1n) is 5.96. The molecule has 1 aromatic carbocycles. The summed E-state index contributed by atoms with van der Waals surface area (Å²) >= 11 is 0.190.